The number of piperazine rings is 1. The van der Waals surface area contributed by atoms with E-state index in [1.165, 1.54) is 0 Å². The van der Waals surface area contributed by atoms with Gasteiger partial charge in [0.05, 0.1) is 36.8 Å². The van der Waals surface area contributed by atoms with Crippen LogP contribution in [0.4, 0.5) is 11.6 Å². The third-order valence-corrected chi connectivity index (χ3v) is 8.14. The molecule has 1 aromatic rings. The van der Waals surface area contributed by atoms with E-state index in [9.17, 15) is 10.1 Å². The summed E-state index contributed by atoms with van der Waals surface area (Å²) in [5, 5.41) is 24.0. The number of amides is 1. The van der Waals surface area contributed by atoms with Crippen molar-refractivity contribution in [2.24, 2.45) is 11.3 Å². The summed E-state index contributed by atoms with van der Waals surface area (Å²) >= 11 is 0. The lowest BCUT2D eigenvalue weighted by Gasteiger charge is -2.47. The minimum Gasteiger partial charge on any atom is -0.381 e. The highest BCUT2D eigenvalue weighted by molar-refractivity contribution is 6.03. The number of piperidine rings is 1. The van der Waals surface area contributed by atoms with Gasteiger partial charge in [-0.15, -0.1) is 0 Å². The zero-order chi connectivity index (χ0) is 23.9. The summed E-state index contributed by atoms with van der Waals surface area (Å²) in [5.41, 5.74) is 6.13. The molecule has 0 radical (unpaired) electrons. The van der Waals surface area contributed by atoms with Gasteiger partial charge in [0.1, 0.15) is 11.4 Å². The van der Waals surface area contributed by atoms with E-state index in [0.717, 1.165) is 58.9 Å². The van der Waals surface area contributed by atoms with Crippen molar-refractivity contribution in [3.8, 4) is 6.07 Å². The highest BCUT2D eigenvalue weighted by Crippen LogP contribution is 2.34. The summed E-state index contributed by atoms with van der Waals surface area (Å²) in [7, 11) is 0. The molecule has 1 amide bonds. The quantitative estimate of drug-likeness (QED) is 0.449. The maximum absolute atomic E-state index is 13.4. The smallest absolute Gasteiger partial charge is 0.259 e. The van der Waals surface area contributed by atoms with Crippen molar-refractivity contribution in [1.29, 1.82) is 5.26 Å². The van der Waals surface area contributed by atoms with Gasteiger partial charge in [-0.05, 0) is 26.8 Å². The number of hydrogen-bond acceptors (Lipinski definition) is 9. The van der Waals surface area contributed by atoms with E-state index < -0.39 is 5.41 Å². The van der Waals surface area contributed by atoms with Crippen LogP contribution in [-0.2, 0) is 11.3 Å². The summed E-state index contributed by atoms with van der Waals surface area (Å²) in [5.74, 6) is 0.772. The SMILES string of the molecule is CC(C)(C#N)C1CNc2c(C(=O)NC3CNCCC3N3CCN(C4COC4)CC3)c(N)nn2C1. The summed E-state index contributed by atoms with van der Waals surface area (Å²) < 4.78 is 7.10. The molecule has 3 unspecified atom stereocenters. The molecule has 3 saturated heterocycles. The van der Waals surface area contributed by atoms with Gasteiger partial charge in [0.2, 0.25) is 0 Å². The number of nitrogens with one attached hydrogen (secondary N) is 3. The van der Waals surface area contributed by atoms with Crippen LogP contribution in [0.2, 0.25) is 0 Å². The summed E-state index contributed by atoms with van der Waals surface area (Å²) in [6, 6.07) is 3.26. The average molecular weight is 472 g/mol. The Morgan fingerprint density at radius 3 is 2.65 bits per heavy atom. The Morgan fingerprint density at radius 1 is 1.24 bits per heavy atom. The van der Waals surface area contributed by atoms with Crippen LogP contribution < -0.4 is 21.7 Å². The third kappa shape index (κ3) is 4.35. The first kappa shape index (κ1) is 23.4. The van der Waals surface area contributed by atoms with Gasteiger partial charge in [-0.25, -0.2) is 4.68 Å². The maximum atomic E-state index is 13.4. The van der Waals surface area contributed by atoms with Gasteiger partial charge < -0.3 is 26.4 Å². The second-order valence-corrected chi connectivity index (χ2v) is 10.6. The number of nitriles is 1. The number of hydrogen-bond donors (Lipinski definition) is 4. The van der Waals surface area contributed by atoms with E-state index in [0.29, 0.717) is 36.6 Å². The minimum absolute atomic E-state index is 0.00338. The molecule has 5 N–H and O–H groups in total. The number of rotatable bonds is 5. The van der Waals surface area contributed by atoms with E-state index in [-0.39, 0.29) is 23.7 Å². The molecule has 186 valence electrons. The van der Waals surface area contributed by atoms with E-state index >= 15 is 0 Å². The Kier molecular flexibility index (Phi) is 6.41. The molecule has 3 fully saturated rings. The van der Waals surface area contributed by atoms with Crippen LogP contribution in [0, 0.1) is 22.7 Å². The zero-order valence-electron chi connectivity index (χ0n) is 20.2. The number of nitrogens with zero attached hydrogens (tertiary/aromatic N) is 5. The Labute approximate surface area is 200 Å². The molecule has 5 heterocycles. The van der Waals surface area contributed by atoms with E-state index in [4.69, 9.17) is 10.5 Å². The molecule has 4 aliphatic heterocycles. The molecule has 34 heavy (non-hydrogen) atoms. The normalized spacial score (nSPS) is 28.9. The molecule has 11 heteroatoms. The van der Waals surface area contributed by atoms with Gasteiger partial charge in [0.15, 0.2) is 5.82 Å². The number of aromatic nitrogens is 2. The minimum atomic E-state index is -0.496. The molecule has 0 bridgehead atoms. The topological polar surface area (TPSA) is 136 Å². The number of nitrogen functional groups attached to an aromatic ring is 1. The van der Waals surface area contributed by atoms with Gasteiger partial charge in [0.25, 0.3) is 5.91 Å². The highest BCUT2D eigenvalue weighted by Gasteiger charge is 2.38. The molecule has 11 nitrogen and oxygen atoms in total. The van der Waals surface area contributed by atoms with Crippen molar-refractivity contribution in [2.45, 2.75) is 44.9 Å². The highest BCUT2D eigenvalue weighted by atomic mass is 16.5. The van der Waals surface area contributed by atoms with E-state index in [1.54, 1.807) is 4.68 Å². The van der Waals surface area contributed by atoms with Crippen molar-refractivity contribution >= 4 is 17.5 Å². The standard InChI is InChI=1S/C23H37N9O2/c1-23(2,14-24)15-9-27-21-19(20(25)29-32(21)11-15)22(33)28-17-10-26-4-3-18(17)31-7-5-30(6-8-31)16-12-34-13-16/h15-18,26-27H,3-13H2,1-2H3,(H2,25,29)(H,28,33). The van der Waals surface area contributed by atoms with Crippen molar-refractivity contribution in [3.63, 3.8) is 0 Å². The molecule has 0 aliphatic carbocycles. The molecular weight excluding hydrogens is 434 g/mol. The molecule has 4 aliphatic rings. The predicted molar refractivity (Wildman–Crippen MR) is 128 cm³/mol. The van der Waals surface area contributed by atoms with Crippen molar-refractivity contribution < 1.29 is 9.53 Å². The monoisotopic (exact) mass is 471 g/mol. The van der Waals surface area contributed by atoms with Crippen molar-refractivity contribution in [3.05, 3.63) is 5.56 Å². The van der Waals surface area contributed by atoms with Gasteiger partial charge >= 0.3 is 0 Å². The number of carbonyl (C=O) groups excluding carboxylic acids is 1. The van der Waals surface area contributed by atoms with Crippen LogP contribution in [0.15, 0.2) is 0 Å². The number of carbonyl (C=O) groups is 1. The molecule has 0 saturated carbocycles. The zero-order valence-corrected chi connectivity index (χ0v) is 20.2. The second-order valence-electron chi connectivity index (χ2n) is 10.6. The van der Waals surface area contributed by atoms with E-state index in [1.807, 2.05) is 13.8 Å². The Morgan fingerprint density at radius 2 is 1.97 bits per heavy atom. The molecule has 0 spiro atoms. The first-order chi connectivity index (χ1) is 16.4. The Hall–Kier alpha value is -2.39. The number of ether oxygens (including phenoxy) is 1. The summed E-state index contributed by atoms with van der Waals surface area (Å²) in [6.07, 6.45) is 1.00. The molecule has 0 aromatic carbocycles. The van der Waals surface area contributed by atoms with Crippen LogP contribution in [0.5, 0.6) is 0 Å². The first-order valence-electron chi connectivity index (χ1n) is 12.5. The van der Waals surface area contributed by atoms with Crippen LogP contribution in [0.25, 0.3) is 0 Å². The number of anilines is 2. The lowest BCUT2D eigenvalue weighted by molar-refractivity contribution is -0.0813. The number of nitrogens with two attached hydrogens (primary N) is 1. The Balaban J connectivity index is 1.25. The summed E-state index contributed by atoms with van der Waals surface area (Å²) in [6.45, 7) is 12.5. The third-order valence-electron chi connectivity index (χ3n) is 8.14. The molecule has 3 atom stereocenters. The Bertz CT molecular complexity index is 943. The maximum Gasteiger partial charge on any atom is 0.259 e. The molecule has 1 aromatic heterocycles. The number of fused-ring (bicyclic) bond motifs is 1. The van der Waals surface area contributed by atoms with Gasteiger partial charge in [-0.2, -0.15) is 10.4 Å². The van der Waals surface area contributed by atoms with Crippen molar-refractivity contribution in [1.82, 2.24) is 30.2 Å². The first-order valence-corrected chi connectivity index (χ1v) is 12.5. The van der Waals surface area contributed by atoms with Crippen LogP contribution in [-0.4, -0.2) is 103 Å². The fourth-order valence-electron chi connectivity index (χ4n) is 5.62. The van der Waals surface area contributed by atoms with Crippen LogP contribution >= 0.6 is 0 Å². The van der Waals surface area contributed by atoms with Gasteiger partial charge in [-0.1, -0.05) is 0 Å². The van der Waals surface area contributed by atoms with E-state index in [2.05, 4.69) is 36.9 Å². The average Bonchev–Trinajstić information content (AvgIpc) is 3.14. The fraction of sp³-hybridized carbons (Fsp3) is 0.783. The van der Waals surface area contributed by atoms with Crippen LogP contribution in [0.1, 0.15) is 30.6 Å². The van der Waals surface area contributed by atoms with Crippen LogP contribution in [0.3, 0.4) is 0 Å². The lowest BCUT2D eigenvalue weighted by Crippen LogP contribution is -2.64. The predicted octanol–water partition coefficient (Wildman–Crippen LogP) is -0.467. The van der Waals surface area contributed by atoms with Gasteiger partial charge in [-0.3, -0.25) is 14.6 Å². The van der Waals surface area contributed by atoms with Crippen molar-refractivity contribution in [2.75, 3.05) is 70.1 Å². The fourth-order valence-corrected chi connectivity index (χ4v) is 5.62. The van der Waals surface area contributed by atoms with Gasteiger partial charge in [0, 0.05) is 57.8 Å². The summed E-state index contributed by atoms with van der Waals surface area (Å²) in [4.78, 5) is 18.5. The second kappa shape index (κ2) is 9.34. The molecular formula is C23H37N9O2. The largest absolute Gasteiger partial charge is 0.381 e. The lowest BCUT2D eigenvalue weighted by atomic mass is 9.79. The molecule has 5 rings (SSSR count).